The topological polar surface area (TPSA) is 128 Å². The molecule has 0 saturated carbocycles. The summed E-state index contributed by atoms with van der Waals surface area (Å²) in [7, 11) is 0. The quantitative estimate of drug-likeness (QED) is 0.149. The van der Waals surface area contributed by atoms with Crippen LogP contribution in [-0.2, 0) is 27.4 Å². The number of hydrogen-bond donors (Lipinski definition) is 2. The number of benzene rings is 3. The maximum Gasteiger partial charge on any atom is 0.266 e. The van der Waals surface area contributed by atoms with E-state index in [-0.39, 0.29) is 31.2 Å². The summed E-state index contributed by atoms with van der Waals surface area (Å²) in [6, 6.07) is 19.7. The minimum absolute atomic E-state index is 0.0229. The second-order valence-corrected chi connectivity index (χ2v) is 11.7. The van der Waals surface area contributed by atoms with Gasteiger partial charge < -0.3 is 25.1 Å². The third-order valence-corrected chi connectivity index (χ3v) is 8.29. The molecule has 1 fully saturated rings. The van der Waals surface area contributed by atoms with Gasteiger partial charge in [0.25, 0.3) is 5.89 Å². The first-order valence-corrected chi connectivity index (χ1v) is 15.4. The number of nitrogens with zero attached hydrogens (tertiary/aromatic N) is 2. The second-order valence-electron chi connectivity index (χ2n) is 10.8. The monoisotopic (exact) mass is 636 g/mol. The van der Waals surface area contributed by atoms with Crippen LogP contribution in [0.5, 0.6) is 0 Å². The van der Waals surface area contributed by atoms with Gasteiger partial charge in [-0.2, -0.15) is 0 Å². The van der Waals surface area contributed by atoms with E-state index in [2.05, 4.69) is 10.3 Å². The van der Waals surface area contributed by atoms with Crippen molar-refractivity contribution in [2.45, 2.75) is 56.9 Å². The molecule has 5 rings (SSSR count). The van der Waals surface area contributed by atoms with Crippen molar-refractivity contribution in [3.63, 3.8) is 0 Å². The molecule has 1 aliphatic heterocycles. The van der Waals surface area contributed by atoms with Crippen molar-refractivity contribution in [1.29, 1.82) is 0 Å². The molecule has 9 nitrogen and oxygen atoms in total. The van der Waals surface area contributed by atoms with Crippen LogP contribution >= 0.6 is 23.2 Å². The normalized spacial score (nSPS) is 17.1. The lowest BCUT2D eigenvalue weighted by molar-refractivity contribution is -0.138. The zero-order chi connectivity index (χ0) is 31.1. The fourth-order valence-corrected chi connectivity index (χ4v) is 5.63. The Morgan fingerprint density at radius 3 is 2.52 bits per heavy atom. The summed E-state index contributed by atoms with van der Waals surface area (Å²) in [5.74, 6) is -1.22. The van der Waals surface area contributed by atoms with Crippen LogP contribution in [-0.4, -0.2) is 58.8 Å². The van der Waals surface area contributed by atoms with Crippen LogP contribution < -0.4 is 11.1 Å². The van der Waals surface area contributed by atoms with E-state index in [0.717, 1.165) is 5.56 Å². The molecule has 3 N–H and O–H groups in total. The number of halogens is 2. The van der Waals surface area contributed by atoms with Crippen molar-refractivity contribution in [2.75, 3.05) is 13.1 Å². The zero-order valence-corrected chi connectivity index (χ0v) is 25.6. The number of amides is 2. The van der Waals surface area contributed by atoms with E-state index in [4.69, 9.17) is 38.1 Å². The maximum atomic E-state index is 13.9. The molecule has 44 heavy (non-hydrogen) atoms. The number of carbonyl (C=O) groups is 3. The predicted octanol–water partition coefficient (Wildman–Crippen LogP) is 5.36. The van der Waals surface area contributed by atoms with E-state index in [1.165, 1.54) is 4.90 Å². The molecular weight excluding hydrogens is 603 g/mol. The van der Waals surface area contributed by atoms with Gasteiger partial charge in [0.1, 0.15) is 11.6 Å². The molecule has 1 aromatic heterocycles. The standard InChI is InChI=1S/C33H34Cl2N4O5/c34-23-14-12-21(13-15-23)20-43-24-18-28(39(19-24)30(40)17-22-7-1-2-8-25(22)35)32(42)37-27(10-5-6-16-36)31(41)33-38-26-9-3-4-11-29(26)44-33/h1-4,7-9,11-15,24,27-28H,5-6,10,16-20,36H2,(H,37,42)/t24-,27+,28+/m1/s1. The Bertz CT molecular complexity index is 1580. The van der Waals surface area contributed by atoms with E-state index in [0.29, 0.717) is 59.1 Å². The van der Waals surface area contributed by atoms with Crippen LogP contribution in [0.2, 0.25) is 10.0 Å². The van der Waals surface area contributed by atoms with E-state index in [1.54, 1.807) is 54.6 Å². The van der Waals surface area contributed by atoms with Crippen molar-refractivity contribution in [1.82, 2.24) is 15.2 Å². The number of hydrogen-bond acceptors (Lipinski definition) is 7. The van der Waals surface area contributed by atoms with Crippen molar-refractivity contribution in [2.24, 2.45) is 5.73 Å². The predicted molar refractivity (Wildman–Crippen MR) is 168 cm³/mol. The molecule has 230 valence electrons. The fraction of sp³-hybridized carbons (Fsp3) is 0.333. The van der Waals surface area contributed by atoms with Gasteiger partial charge in [-0.3, -0.25) is 14.4 Å². The Balaban J connectivity index is 1.34. The van der Waals surface area contributed by atoms with Gasteiger partial charge in [-0.25, -0.2) is 4.98 Å². The lowest BCUT2D eigenvalue weighted by Gasteiger charge is -2.26. The molecule has 11 heteroatoms. The van der Waals surface area contributed by atoms with E-state index >= 15 is 0 Å². The van der Waals surface area contributed by atoms with Gasteiger partial charge in [0.15, 0.2) is 5.58 Å². The molecule has 0 spiro atoms. The van der Waals surface area contributed by atoms with Gasteiger partial charge in [-0.1, -0.05) is 65.7 Å². The first-order chi connectivity index (χ1) is 21.3. The number of likely N-dealkylation sites (tertiary alicyclic amines) is 1. The SMILES string of the molecule is NCCCC[C@H](NC(=O)[C@@H]1C[C@@H](OCc2ccc(Cl)cc2)CN1C(=O)Cc1ccccc1Cl)C(=O)c1nc2ccccc2o1. The lowest BCUT2D eigenvalue weighted by Crippen LogP contribution is -2.51. The van der Waals surface area contributed by atoms with Gasteiger partial charge >= 0.3 is 0 Å². The van der Waals surface area contributed by atoms with Crippen LogP contribution in [0.3, 0.4) is 0 Å². The summed E-state index contributed by atoms with van der Waals surface area (Å²) >= 11 is 12.3. The van der Waals surface area contributed by atoms with Crippen LogP contribution in [0, 0.1) is 0 Å². The van der Waals surface area contributed by atoms with Crippen molar-refractivity contribution in [3.8, 4) is 0 Å². The Labute approximate surface area is 265 Å². The lowest BCUT2D eigenvalue weighted by atomic mass is 10.0. The van der Waals surface area contributed by atoms with Crippen LogP contribution in [0.1, 0.15) is 47.5 Å². The summed E-state index contributed by atoms with van der Waals surface area (Å²) in [6.07, 6.45) is 1.52. The number of para-hydroxylation sites is 2. The van der Waals surface area contributed by atoms with E-state index in [1.807, 2.05) is 18.2 Å². The number of ether oxygens (including phenoxy) is 1. The number of nitrogens with two attached hydrogens (primary N) is 1. The average molecular weight is 638 g/mol. The molecule has 1 aliphatic rings. The smallest absolute Gasteiger partial charge is 0.266 e. The zero-order valence-electron chi connectivity index (χ0n) is 24.1. The highest BCUT2D eigenvalue weighted by Gasteiger charge is 2.41. The average Bonchev–Trinajstić information content (AvgIpc) is 3.66. The first-order valence-electron chi connectivity index (χ1n) is 14.6. The highest BCUT2D eigenvalue weighted by Crippen LogP contribution is 2.26. The number of fused-ring (bicyclic) bond motifs is 1. The number of ketones is 1. The van der Waals surface area contributed by atoms with Crippen LogP contribution in [0.25, 0.3) is 11.1 Å². The third-order valence-electron chi connectivity index (χ3n) is 7.67. The Morgan fingerprint density at radius 2 is 1.77 bits per heavy atom. The third kappa shape index (κ3) is 7.84. The molecule has 2 heterocycles. The molecule has 3 atom stereocenters. The van der Waals surface area contributed by atoms with E-state index in [9.17, 15) is 14.4 Å². The molecule has 2 amide bonds. The van der Waals surface area contributed by atoms with Gasteiger partial charge in [0, 0.05) is 23.0 Å². The van der Waals surface area contributed by atoms with Crippen molar-refractivity contribution < 1.29 is 23.5 Å². The number of Topliss-reactive ketones (excluding diaryl/α,β-unsaturated/α-hetero) is 1. The number of unbranched alkanes of at least 4 members (excludes halogenated alkanes) is 1. The van der Waals surface area contributed by atoms with Crippen molar-refractivity contribution in [3.05, 3.63) is 99.9 Å². The largest absolute Gasteiger partial charge is 0.434 e. The first kappa shape index (κ1) is 31.7. The molecule has 4 aromatic rings. The van der Waals surface area contributed by atoms with Gasteiger partial charge in [-0.15, -0.1) is 0 Å². The highest BCUT2D eigenvalue weighted by molar-refractivity contribution is 6.31. The second kappa shape index (κ2) is 14.8. The summed E-state index contributed by atoms with van der Waals surface area (Å²) in [5.41, 5.74) is 8.31. The van der Waals surface area contributed by atoms with Crippen molar-refractivity contribution >= 4 is 51.9 Å². The summed E-state index contributed by atoms with van der Waals surface area (Å²) in [4.78, 5) is 46.9. The molecule has 0 radical (unpaired) electrons. The summed E-state index contributed by atoms with van der Waals surface area (Å²) in [6.45, 7) is 0.962. The molecule has 0 bridgehead atoms. The van der Waals surface area contributed by atoms with Gasteiger partial charge in [0.2, 0.25) is 17.6 Å². The summed E-state index contributed by atoms with van der Waals surface area (Å²) in [5, 5.41) is 4.00. The molecule has 3 aromatic carbocycles. The number of rotatable bonds is 13. The molecule has 1 saturated heterocycles. The Morgan fingerprint density at radius 1 is 1.02 bits per heavy atom. The van der Waals surface area contributed by atoms with Gasteiger partial charge in [-0.05, 0) is 67.3 Å². The molecule has 0 aliphatic carbocycles. The fourth-order valence-electron chi connectivity index (χ4n) is 5.30. The molecular formula is C33H34Cl2N4O5. The van der Waals surface area contributed by atoms with E-state index < -0.39 is 29.9 Å². The summed E-state index contributed by atoms with van der Waals surface area (Å²) < 4.78 is 11.9. The Hall–Kier alpha value is -3.76. The van der Waals surface area contributed by atoms with Gasteiger partial charge in [0.05, 0.1) is 25.2 Å². The van der Waals surface area contributed by atoms with Crippen LogP contribution in [0.15, 0.2) is 77.2 Å². The number of carbonyl (C=O) groups excluding carboxylic acids is 3. The highest BCUT2D eigenvalue weighted by atomic mass is 35.5. The minimum Gasteiger partial charge on any atom is -0.434 e. The molecule has 0 unspecified atom stereocenters. The number of aromatic nitrogens is 1. The maximum absolute atomic E-state index is 13.9. The Kier molecular flexibility index (Phi) is 10.7. The van der Waals surface area contributed by atoms with Crippen LogP contribution in [0.4, 0.5) is 0 Å². The minimum atomic E-state index is -0.906. The number of nitrogens with one attached hydrogen (secondary N) is 1. The number of oxazole rings is 1.